The van der Waals surface area contributed by atoms with Crippen LogP contribution in [0.5, 0.6) is 0 Å². The van der Waals surface area contributed by atoms with Gasteiger partial charge in [-0.1, -0.05) is 35.3 Å². The summed E-state index contributed by atoms with van der Waals surface area (Å²) in [4.78, 5) is 0. The number of nitrogens with zero attached hydrogens (tertiary/aromatic N) is 1. The molecule has 0 atom stereocenters. The minimum absolute atomic E-state index is 0.0917. The van der Waals surface area contributed by atoms with Crippen molar-refractivity contribution in [3.8, 4) is 0 Å². The first kappa shape index (κ1) is 17.1. The number of halogens is 3. The molecule has 0 spiro atoms. The summed E-state index contributed by atoms with van der Waals surface area (Å²) in [5.41, 5.74) is 0.692. The third-order valence-electron chi connectivity index (χ3n) is 2.69. The lowest BCUT2D eigenvalue weighted by molar-refractivity contribution is 0.465. The number of hydrogen-bond acceptors (Lipinski definition) is 2. The summed E-state index contributed by atoms with van der Waals surface area (Å²) in [5.74, 6) is 0.563. The van der Waals surface area contributed by atoms with Crippen molar-refractivity contribution in [1.82, 2.24) is 4.31 Å². The second-order valence-electron chi connectivity index (χ2n) is 4.18. The predicted octanol–water partition coefficient (Wildman–Crippen LogP) is 3.77. The van der Waals surface area contributed by atoms with Gasteiger partial charge < -0.3 is 0 Å². The molecular formula is C12H16Cl3NO2S. The summed E-state index contributed by atoms with van der Waals surface area (Å²) in [7, 11) is -1.75. The molecule has 0 heterocycles. The highest BCUT2D eigenvalue weighted by Crippen LogP contribution is 2.26. The maximum absolute atomic E-state index is 12.0. The molecule has 3 nitrogen and oxygen atoms in total. The van der Waals surface area contributed by atoms with E-state index in [9.17, 15) is 8.42 Å². The van der Waals surface area contributed by atoms with Crippen LogP contribution in [-0.4, -0.2) is 31.4 Å². The van der Waals surface area contributed by atoms with Crippen molar-refractivity contribution in [3.63, 3.8) is 0 Å². The molecule has 0 saturated carbocycles. The molecule has 1 aromatic rings. The molecule has 0 aliphatic rings. The van der Waals surface area contributed by atoms with Crippen LogP contribution in [0.15, 0.2) is 18.2 Å². The molecule has 0 fully saturated rings. The Hall–Kier alpha value is -0.000000000000000111. The van der Waals surface area contributed by atoms with E-state index in [0.717, 1.165) is 0 Å². The van der Waals surface area contributed by atoms with Gasteiger partial charge in [0, 0.05) is 19.5 Å². The zero-order valence-electron chi connectivity index (χ0n) is 10.6. The second kappa shape index (κ2) is 7.70. The molecule has 0 saturated heterocycles. The van der Waals surface area contributed by atoms with Gasteiger partial charge in [-0.3, -0.25) is 0 Å². The minimum Gasteiger partial charge on any atom is -0.212 e. The molecule has 1 aromatic carbocycles. The van der Waals surface area contributed by atoms with Crippen molar-refractivity contribution in [2.75, 3.05) is 18.7 Å². The smallest absolute Gasteiger partial charge is 0.212 e. The molecule has 19 heavy (non-hydrogen) atoms. The van der Waals surface area contributed by atoms with Gasteiger partial charge in [0.2, 0.25) is 10.0 Å². The van der Waals surface area contributed by atoms with Gasteiger partial charge >= 0.3 is 0 Å². The van der Waals surface area contributed by atoms with Crippen molar-refractivity contribution in [3.05, 3.63) is 33.8 Å². The van der Waals surface area contributed by atoms with Crippen molar-refractivity contribution in [2.45, 2.75) is 19.4 Å². The summed E-state index contributed by atoms with van der Waals surface area (Å²) >= 11 is 17.5. The summed E-state index contributed by atoms with van der Waals surface area (Å²) in [5, 5.41) is 0.819. The van der Waals surface area contributed by atoms with Crippen molar-refractivity contribution < 1.29 is 8.42 Å². The van der Waals surface area contributed by atoms with Gasteiger partial charge in [0.05, 0.1) is 15.8 Å². The summed E-state index contributed by atoms with van der Waals surface area (Å²) in [6.45, 7) is 0.211. The summed E-state index contributed by atoms with van der Waals surface area (Å²) < 4.78 is 25.3. The van der Waals surface area contributed by atoms with Crippen LogP contribution < -0.4 is 0 Å². The Morgan fingerprint density at radius 3 is 2.53 bits per heavy atom. The van der Waals surface area contributed by atoms with E-state index in [-0.39, 0.29) is 12.3 Å². The van der Waals surface area contributed by atoms with Gasteiger partial charge in [0.25, 0.3) is 0 Å². The fraction of sp³-hybridized carbons (Fsp3) is 0.500. The summed E-state index contributed by atoms with van der Waals surface area (Å²) in [6, 6.07) is 5.18. The molecule has 0 aromatic heterocycles. The molecule has 1 rings (SSSR count). The zero-order chi connectivity index (χ0) is 14.5. The lowest BCUT2D eigenvalue weighted by Crippen LogP contribution is -2.29. The van der Waals surface area contributed by atoms with Crippen LogP contribution in [0.2, 0.25) is 10.0 Å². The zero-order valence-corrected chi connectivity index (χ0v) is 13.7. The van der Waals surface area contributed by atoms with E-state index >= 15 is 0 Å². The summed E-state index contributed by atoms with van der Waals surface area (Å²) in [6.07, 6.45) is 1.24. The van der Waals surface area contributed by atoms with Crippen molar-refractivity contribution >= 4 is 44.8 Å². The fourth-order valence-electron chi connectivity index (χ4n) is 1.54. The van der Waals surface area contributed by atoms with Crippen LogP contribution in [0.4, 0.5) is 0 Å². The molecular weight excluding hydrogens is 329 g/mol. The number of rotatable bonds is 7. The predicted molar refractivity (Wildman–Crippen MR) is 81.7 cm³/mol. The molecule has 0 aliphatic carbocycles. The Morgan fingerprint density at radius 1 is 1.21 bits per heavy atom. The van der Waals surface area contributed by atoms with E-state index in [1.54, 1.807) is 18.2 Å². The fourth-order valence-corrected chi connectivity index (χ4v) is 3.33. The number of hydrogen-bond donors (Lipinski definition) is 0. The Morgan fingerprint density at radius 2 is 1.89 bits per heavy atom. The van der Waals surface area contributed by atoms with Crippen LogP contribution in [-0.2, 0) is 16.6 Å². The van der Waals surface area contributed by atoms with Gasteiger partial charge in [-0.25, -0.2) is 12.7 Å². The van der Waals surface area contributed by atoms with E-state index < -0.39 is 10.0 Å². The quantitative estimate of drug-likeness (QED) is 0.557. The lowest BCUT2D eigenvalue weighted by atomic mass is 10.2. The second-order valence-corrected chi connectivity index (χ2v) is 7.54. The number of benzene rings is 1. The first-order valence-electron chi connectivity index (χ1n) is 5.81. The van der Waals surface area contributed by atoms with Crippen molar-refractivity contribution in [2.24, 2.45) is 0 Å². The van der Waals surface area contributed by atoms with Crippen LogP contribution in [0.3, 0.4) is 0 Å². The first-order chi connectivity index (χ1) is 8.88. The average molecular weight is 345 g/mol. The highest BCUT2D eigenvalue weighted by atomic mass is 35.5. The van der Waals surface area contributed by atoms with E-state index in [4.69, 9.17) is 34.8 Å². The van der Waals surface area contributed by atoms with Crippen LogP contribution in [0.25, 0.3) is 0 Å². The molecule has 0 amide bonds. The Kier molecular flexibility index (Phi) is 6.91. The highest BCUT2D eigenvalue weighted by molar-refractivity contribution is 7.89. The number of sulfonamides is 1. The molecule has 0 unspecified atom stereocenters. The minimum atomic E-state index is -3.29. The SMILES string of the molecule is CN(Cc1cccc(Cl)c1Cl)S(=O)(=O)CCCCCl. The van der Waals surface area contributed by atoms with E-state index in [1.807, 2.05) is 0 Å². The highest BCUT2D eigenvalue weighted by Gasteiger charge is 2.18. The monoisotopic (exact) mass is 343 g/mol. The number of alkyl halides is 1. The van der Waals surface area contributed by atoms with Crippen LogP contribution >= 0.6 is 34.8 Å². The van der Waals surface area contributed by atoms with Crippen LogP contribution in [0.1, 0.15) is 18.4 Å². The third kappa shape index (κ3) is 5.12. The van der Waals surface area contributed by atoms with Crippen LogP contribution in [0, 0.1) is 0 Å². The standard InChI is InChI=1S/C12H16Cl3NO2S/c1-16(19(17,18)8-3-2-7-13)9-10-5-4-6-11(14)12(10)15/h4-6H,2-3,7-9H2,1H3. The largest absolute Gasteiger partial charge is 0.214 e. The van der Waals surface area contributed by atoms with Gasteiger partial charge in [-0.05, 0) is 24.5 Å². The van der Waals surface area contributed by atoms with Gasteiger partial charge in [0.1, 0.15) is 0 Å². The number of unbranched alkanes of at least 4 members (excludes halogenated alkanes) is 1. The molecule has 0 radical (unpaired) electrons. The van der Waals surface area contributed by atoms with E-state index in [0.29, 0.717) is 34.3 Å². The lowest BCUT2D eigenvalue weighted by Gasteiger charge is -2.18. The Balaban J connectivity index is 2.73. The Bertz CT molecular complexity index is 520. The molecule has 0 N–H and O–H groups in total. The van der Waals surface area contributed by atoms with Gasteiger partial charge in [0.15, 0.2) is 0 Å². The molecule has 108 valence electrons. The Labute approximate surface area is 129 Å². The van der Waals surface area contributed by atoms with E-state index in [1.165, 1.54) is 11.4 Å². The van der Waals surface area contributed by atoms with Crippen molar-refractivity contribution in [1.29, 1.82) is 0 Å². The molecule has 7 heteroatoms. The third-order valence-corrected chi connectivity index (χ3v) is 5.69. The molecule has 0 bridgehead atoms. The normalized spacial score (nSPS) is 12.1. The first-order valence-corrected chi connectivity index (χ1v) is 8.71. The maximum Gasteiger partial charge on any atom is 0.214 e. The van der Waals surface area contributed by atoms with Gasteiger partial charge in [-0.2, -0.15) is 0 Å². The van der Waals surface area contributed by atoms with Gasteiger partial charge in [-0.15, -0.1) is 11.6 Å². The van der Waals surface area contributed by atoms with E-state index in [2.05, 4.69) is 0 Å². The topological polar surface area (TPSA) is 37.4 Å². The molecule has 0 aliphatic heterocycles. The average Bonchev–Trinajstić information content (AvgIpc) is 2.35. The maximum atomic E-state index is 12.0.